The van der Waals surface area contributed by atoms with Crippen LogP contribution in [-0.2, 0) is 0 Å². The first-order valence-electron chi connectivity index (χ1n) is 8.92. The van der Waals surface area contributed by atoms with Crippen molar-refractivity contribution in [3.8, 4) is 11.3 Å². The maximum absolute atomic E-state index is 10.6. The third-order valence-electron chi connectivity index (χ3n) is 4.54. The molecule has 3 nitrogen and oxygen atoms in total. The fourth-order valence-corrected chi connectivity index (χ4v) is 2.98. The van der Waals surface area contributed by atoms with Crippen molar-refractivity contribution in [2.24, 2.45) is 0 Å². The average molecular weight is 352 g/mol. The number of nitrogens with zero attached hydrogens (tertiary/aromatic N) is 2. The average Bonchev–Trinajstić information content (AvgIpc) is 2.68. The molecule has 0 aliphatic rings. The Kier molecular flexibility index (Phi) is 4.43. The van der Waals surface area contributed by atoms with E-state index in [0.29, 0.717) is 5.69 Å². The number of benzene rings is 3. The van der Waals surface area contributed by atoms with Crippen molar-refractivity contribution in [3.63, 3.8) is 0 Å². The van der Waals surface area contributed by atoms with Crippen molar-refractivity contribution in [2.45, 2.75) is 13.8 Å². The first kappa shape index (κ1) is 17.0. The number of aromatic nitrogens is 2. The molecule has 0 fully saturated rings. The summed E-state index contributed by atoms with van der Waals surface area (Å²) in [4.78, 5) is 9.58. The van der Waals surface area contributed by atoms with Crippen LogP contribution >= 0.6 is 0 Å². The van der Waals surface area contributed by atoms with Crippen molar-refractivity contribution in [1.82, 2.24) is 9.97 Å². The Hall–Kier alpha value is -3.46. The van der Waals surface area contributed by atoms with E-state index in [9.17, 15) is 5.11 Å². The van der Waals surface area contributed by atoms with E-state index in [4.69, 9.17) is 9.97 Å². The smallest absolute Gasteiger partial charge is 0.125 e. The number of aryl methyl sites for hydroxylation is 2. The van der Waals surface area contributed by atoms with Crippen LogP contribution in [0.15, 0.2) is 72.8 Å². The molecule has 0 bridgehead atoms. The third kappa shape index (κ3) is 3.58. The lowest BCUT2D eigenvalue weighted by molar-refractivity contribution is 0.515. The van der Waals surface area contributed by atoms with Crippen molar-refractivity contribution in [3.05, 3.63) is 95.2 Å². The normalized spacial score (nSPS) is 11.7. The fourth-order valence-electron chi connectivity index (χ4n) is 2.98. The molecule has 0 aliphatic carbocycles. The summed E-state index contributed by atoms with van der Waals surface area (Å²) in [7, 11) is 0. The fraction of sp³-hybridized carbons (Fsp3) is 0.0833. The van der Waals surface area contributed by atoms with Crippen LogP contribution in [0.5, 0.6) is 0 Å². The summed E-state index contributed by atoms with van der Waals surface area (Å²) in [6, 6.07) is 23.7. The predicted octanol–water partition coefficient (Wildman–Crippen LogP) is 5.97. The van der Waals surface area contributed by atoms with Gasteiger partial charge in [-0.15, -0.1) is 0 Å². The maximum Gasteiger partial charge on any atom is 0.125 e. The lowest BCUT2D eigenvalue weighted by atomic mass is 10.0. The Morgan fingerprint density at radius 1 is 0.741 bits per heavy atom. The van der Waals surface area contributed by atoms with Crippen molar-refractivity contribution < 1.29 is 5.11 Å². The minimum absolute atomic E-state index is 0.174. The first-order chi connectivity index (χ1) is 13.1. The Labute approximate surface area is 158 Å². The number of fused-ring (bicyclic) bond motifs is 1. The molecule has 1 heterocycles. The number of para-hydroxylation sites is 2. The van der Waals surface area contributed by atoms with Gasteiger partial charge in [0, 0.05) is 17.2 Å². The summed E-state index contributed by atoms with van der Waals surface area (Å²) in [6.07, 6.45) is 1.69. The molecule has 132 valence electrons. The van der Waals surface area contributed by atoms with Gasteiger partial charge in [-0.25, -0.2) is 9.97 Å². The molecule has 0 spiro atoms. The third-order valence-corrected chi connectivity index (χ3v) is 4.54. The SMILES string of the molecule is Cc1ccc(/C(O)=C/c2nc3ccccc3nc2-c2ccc(C)cc2)cc1. The summed E-state index contributed by atoms with van der Waals surface area (Å²) in [6.45, 7) is 4.08. The number of hydrogen-bond donors (Lipinski definition) is 1. The second kappa shape index (κ2) is 7.04. The predicted molar refractivity (Wildman–Crippen MR) is 111 cm³/mol. The Bertz CT molecular complexity index is 1130. The number of hydrogen-bond acceptors (Lipinski definition) is 3. The topological polar surface area (TPSA) is 46.0 Å². The molecule has 0 amide bonds. The number of aliphatic hydroxyl groups is 1. The minimum atomic E-state index is 0.174. The molecule has 4 aromatic rings. The van der Waals surface area contributed by atoms with Crippen molar-refractivity contribution in [1.29, 1.82) is 0 Å². The number of aliphatic hydroxyl groups excluding tert-OH is 1. The lowest BCUT2D eigenvalue weighted by Crippen LogP contribution is -1.96. The van der Waals surface area contributed by atoms with Crippen LogP contribution in [0.1, 0.15) is 22.4 Å². The molecule has 0 atom stereocenters. The second-order valence-corrected chi connectivity index (χ2v) is 6.71. The second-order valence-electron chi connectivity index (χ2n) is 6.71. The molecular formula is C24H20N2O. The molecule has 0 saturated carbocycles. The molecule has 0 radical (unpaired) electrons. The monoisotopic (exact) mass is 352 g/mol. The first-order valence-corrected chi connectivity index (χ1v) is 8.92. The van der Waals surface area contributed by atoms with Gasteiger partial charge in [0.2, 0.25) is 0 Å². The van der Waals surface area contributed by atoms with Crippen LogP contribution in [0.3, 0.4) is 0 Å². The summed E-state index contributed by atoms with van der Waals surface area (Å²) < 4.78 is 0. The van der Waals surface area contributed by atoms with Crippen LogP contribution in [-0.4, -0.2) is 15.1 Å². The van der Waals surface area contributed by atoms with E-state index in [2.05, 4.69) is 19.1 Å². The van der Waals surface area contributed by atoms with E-state index in [-0.39, 0.29) is 5.76 Å². The molecular weight excluding hydrogens is 332 g/mol. The van der Waals surface area contributed by atoms with Gasteiger partial charge in [-0.1, -0.05) is 71.8 Å². The van der Waals surface area contributed by atoms with Gasteiger partial charge >= 0.3 is 0 Å². The highest BCUT2D eigenvalue weighted by atomic mass is 16.3. The van der Waals surface area contributed by atoms with Gasteiger partial charge in [-0.3, -0.25) is 0 Å². The minimum Gasteiger partial charge on any atom is -0.507 e. The molecule has 0 unspecified atom stereocenters. The highest BCUT2D eigenvalue weighted by molar-refractivity contribution is 5.86. The van der Waals surface area contributed by atoms with Gasteiger partial charge < -0.3 is 5.11 Å². The van der Waals surface area contributed by atoms with E-state index >= 15 is 0 Å². The zero-order valence-electron chi connectivity index (χ0n) is 15.3. The molecule has 1 aromatic heterocycles. The van der Waals surface area contributed by atoms with E-state index < -0.39 is 0 Å². The molecule has 0 aliphatic heterocycles. The largest absolute Gasteiger partial charge is 0.507 e. The molecule has 27 heavy (non-hydrogen) atoms. The van der Waals surface area contributed by atoms with Gasteiger partial charge in [0.1, 0.15) is 5.76 Å². The quantitative estimate of drug-likeness (QED) is 0.462. The molecule has 4 rings (SSSR count). The van der Waals surface area contributed by atoms with E-state index in [1.54, 1.807) is 6.08 Å². The van der Waals surface area contributed by atoms with Gasteiger partial charge in [-0.05, 0) is 26.0 Å². The van der Waals surface area contributed by atoms with Crippen LogP contribution in [0.2, 0.25) is 0 Å². The maximum atomic E-state index is 10.6. The standard InChI is InChI=1S/C24H20N2O/c1-16-7-11-18(12-8-16)23(27)15-22-24(19-13-9-17(2)10-14-19)26-21-6-4-3-5-20(21)25-22/h3-15,27H,1-2H3/b23-15-. The van der Waals surface area contributed by atoms with Gasteiger partial charge in [-0.2, -0.15) is 0 Å². The molecule has 3 aromatic carbocycles. The van der Waals surface area contributed by atoms with Crippen molar-refractivity contribution >= 4 is 22.9 Å². The van der Waals surface area contributed by atoms with Crippen LogP contribution in [0, 0.1) is 13.8 Å². The molecule has 3 heteroatoms. The highest BCUT2D eigenvalue weighted by Gasteiger charge is 2.11. The summed E-state index contributed by atoms with van der Waals surface area (Å²) in [5.41, 5.74) is 7.11. The lowest BCUT2D eigenvalue weighted by Gasteiger charge is -2.09. The number of rotatable bonds is 3. The van der Waals surface area contributed by atoms with Crippen molar-refractivity contribution in [2.75, 3.05) is 0 Å². The van der Waals surface area contributed by atoms with Crippen LogP contribution in [0.4, 0.5) is 0 Å². The van der Waals surface area contributed by atoms with Gasteiger partial charge in [0.25, 0.3) is 0 Å². The van der Waals surface area contributed by atoms with Gasteiger partial charge in [0.15, 0.2) is 0 Å². The van der Waals surface area contributed by atoms with E-state index in [0.717, 1.165) is 33.4 Å². The zero-order valence-corrected chi connectivity index (χ0v) is 15.3. The molecule has 0 saturated heterocycles. The highest BCUT2D eigenvalue weighted by Crippen LogP contribution is 2.27. The summed E-state index contributed by atoms with van der Waals surface area (Å²) >= 11 is 0. The Balaban J connectivity index is 1.89. The summed E-state index contributed by atoms with van der Waals surface area (Å²) in [5.74, 6) is 0.174. The molecule has 1 N–H and O–H groups in total. The van der Waals surface area contributed by atoms with Crippen LogP contribution < -0.4 is 0 Å². The van der Waals surface area contributed by atoms with Crippen LogP contribution in [0.25, 0.3) is 34.1 Å². The zero-order chi connectivity index (χ0) is 18.8. The summed E-state index contributed by atoms with van der Waals surface area (Å²) in [5, 5.41) is 10.6. The van der Waals surface area contributed by atoms with Gasteiger partial charge in [0.05, 0.1) is 22.4 Å². The Morgan fingerprint density at radius 2 is 1.30 bits per heavy atom. The Morgan fingerprint density at radius 3 is 1.93 bits per heavy atom. The van der Waals surface area contributed by atoms with E-state index in [1.807, 2.05) is 67.6 Å². The van der Waals surface area contributed by atoms with E-state index in [1.165, 1.54) is 5.56 Å².